The molecule has 0 aromatic heterocycles. The highest BCUT2D eigenvalue weighted by Crippen LogP contribution is 2.33. The minimum Gasteiger partial charge on any atom is -0.294 e. The molecule has 2 nitrogen and oxygen atoms in total. The minimum absolute atomic E-state index is 0.0155. The Kier molecular flexibility index (Phi) is 5.25. The molecule has 0 aliphatic heterocycles. The Morgan fingerprint density at radius 3 is 2.14 bits per heavy atom. The minimum atomic E-state index is -0.686. The average molecular weight is 339 g/mol. The lowest BCUT2D eigenvalue weighted by Gasteiger charge is -2.12. The molecule has 0 spiro atoms. The van der Waals surface area contributed by atoms with E-state index < -0.39 is 5.92 Å². The molecule has 0 aliphatic carbocycles. The lowest BCUT2D eigenvalue weighted by molar-refractivity contribution is 0.0979. The zero-order chi connectivity index (χ0) is 15.4. The number of halogens is 3. The quantitative estimate of drug-likeness (QED) is 0.688. The van der Waals surface area contributed by atoms with Crippen molar-refractivity contribution in [1.82, 2.24) is 0 Å². The van der Waals surface area contributed by atoms with E-state index in [1.165, 1.54) is 0 Å². The van der Waals surface area contributed by atoms with Crippen LogP contribution in [0.4, 0.5) is 0 Å². The van der Waals surface area contributed by atoms with E-state index in [4.69, 9.17) is 34.8 Å². The van der Waals surface area contributed by atoms with Crippen LogP contribution in [0.15, 0.2) is 42.5 Å². The SMILES string of the molecule is N#C[C@H](CC(=O)c1ccc(Cl)cc1)c1c(Cl)cccc1Cl. The van der Waals surface area contributed by atoms with Gasteiger partial charge < -0.3 is 0 Å². The third-order valence-electron chi connectivity index (χ3n) is 3.06. The Balaban J connectivity index is 2.26. The van der Waals surface area contributed by atoms with Crippen LogP contribution >= 0.6 is 34.8 Å². The number of benzene rings is 2. The Bertz CT molecular complexity index is 684. The highest BCUT2D eigenvalue weighted by Gasteiger charge is 2.21. The van der Waals surface area contributed by atoms with Crippen LogP contribution in [0.3, 0.4) is 0 Å². The maximum absolute atomic E-state index is 12.2. The van der Waals surface area contributed by atoms with Crippen LogP contribution in [-0.4, -0.2) is 5.78 Å². The van der Waals surface area contributed by atoms with Gasteiger partial charge in [0.1, 0.15) is 0 Å². The van der Waals surface area contributed by atoms with Gasteiger partial charge in [0.15, 0.2) is 5.78 Å². The number of ketones is 1. The first-order chi connectivity index (χ1) is 10.0. The van der Waals surface area contributed by atoms with Gasteiger partial charge in [-0.25, -0.2) is 0 Å². The summed E-state index contributed by atoms with van der Waals surface area (Å²) >= 11 is 18.0. The van der Waals surface area contributed by atoms with Crippen molar-refractivity contribution < 1.29 is 4.79 Å². The first-order valence-electron chi connectivity index (χ1n) is 6.15. The second kappa shape index (κ2) is 6.95. The van der Waals surface area contributed by atoms with E-state index in [-0.39, 0.29) is 12.2 Å². The predicted molar refractivity (Wildman–Crippen MR) is 85.2 cm³/mol. The maximum atomic E-state index is 12.2. The molecule has 2 aromatic carbocycles. The highest BCUT2D eigenvalue weighted by molar-refractivity contribution is 6.36. The van der Waals surface area contributed by atoms with Gasteiger partial charge >= 0.3 is 0 Å². The molecular formula is C16H10Cl3NO. The summed E-state index contributed by atoms with van der Waals surface area (Å²) in [5.74, 6) is -0.844. The van der Waals surface area contributed by atoms with Gasteiger partial charge in [0, 0.05) is 32.6 Å². The van der Waals surface area contributed by atoms with Crippen LogP contribution in [-0.2, 0) is 0 Å². The van der Waals surface area contributed by atoms with E-state index in [0.717, 1.165) is 0 Å². The van der Waals surface area contributed by atoms with E-state index in [0.29, 0.717) is 26.2 Å². The number of hydrogen-bond acceptors (Lipinski definition) is 2. The summed E-state index contributed by atoms with van der Waals surface area (Å²) in [6.45, 7) is 0. The first-order valence-corrected chi connectivity index (χ1v) is 7.28. The standard InChI is InChI=1S/C16H10Cl3NO/c17-12-6-4-10(5-7-12)15(21)8-11(9-20)16-13(18)2-1-3-14(16)19/h1-7,11H,8H2/t11-/m0/s1. The second-order valence-electron chi connectivity index (χ2n) is 4.45. The van der Waals surface area contributed by atoms with Gasteiger partial charge in [-0.1, -0.05) is 40.9 Å². The van der Waals surface area contributed by atoms with Crippen LogP contribution in [0.25, 0.3) is 0 Å². The molecule has 106 valence electrons. The molecule has 21 heavy (non-hydrogen) atoms. The number of nitrogens with zero attached hydrogens (tertiary/aromatic N) is 1. The molecule has 2 aromatic rings. The van der Waals surface area contributed by atoms with E-state index in [1.807, 2.05) is 0 Å². The molecule has 1 atom stereocenters. The normalized spacial score (nSPS) is 11.7. The summed E-state index contributed by atoms with van der Waals surface area (Å²) in [6.07, 6.45) is 0.0155. The van der Waals surface area contributed by atoms with E-state index >= 15 is 0 Å². The molecule has 0 bridgehead atoms. The topological polar surface area (TPSA) is 40.9 Å². The van der Waals surface area contributed by atoms with Crippen LogP contribution in [0.5, 0.6) is 0 Å². The molecule has 0 radical (unpaired) electrons. The predicted octanol–water partition coefficient (Wildman–Crippen LogP) is 5.53. The number of nitriles is 1. The second-order valence-corrected chi connectivity index (χ2v) is 5.70. The van der Waals surface area contributed by atoms with Crippen molar-refractivity contribution in [3.63, 3.8) is 0 Å². The lowest BCUT2D eigenvalue weighted by atomic mass is 9.92. The van der Waals surface area contributed by atoms with E-state index in [2.05, 4.69) is 6.07 Å². The van der Waals surface area contributed by atoms with Crippen molar-refractivity contribution in [2.75, 3.05) is 0 Å². The first kappa shape index (κ1) is 15.9. The van der Waals surface area contributed by atoms with Crippen molar-refractivity contribution >= 4 is 40.6 Å². The molecule has 0 aliphatic rings. The van der Waals surface area contributed by atoms with Crippen molar-refractivity contribution in [1.29, 1.82) is 5.26 Å². The third kappa shape index (κ3) is 3.77. The fraction of sp³-hybridized carbons (Fsp3) is 0.125. The average Bonchev–Trinajstić information content (AvgIpc) is 2.46. The van der Waals surface area contributed by atoms with Crippen molar-refractivity contribution in [2.24, 2.45) is 0 Å². The molecule has 0 saturated heterocycles. The number of hydrogen-bond donors (Lipinski definition) is 0. The summed E-state index contributed by atoms with van der Waals surface area (Å²) in [6, 6.07) is 13.6. The molecule has 0 unspecified atom stereocenters. The monoisotopic (exact) mass is 337 g/mol. The number of carbonyl (C=O) groups excluding carboxylic acids is 1. The summed E-state index contributed by atoms with van der Waals surface area (Å²) in [5, 5.41) is 10.7. The van der Waals surface area contributed by atoms with Gasteiger partial charge in [0.25, 0.3) is 0 Å². The third-order valence-corrected chi connectivity index (χ3v) is 3.97. The maximum Gasteiger partial charge on any atom is 0.164 e. The fourth-order valence-corrected chi connectivity index (χ4v) is 2.78. The summed E-state index contributed by atoms with van der Waals surface area (Å²) < 4.78 is 0. The Hall–Kier alpha value is -1.53. The van der Waals surface area contributed by atoms with Crippen LogP contribution < -0.4 is 0 Å². The van der Waals surface area contributed by atoms with Gasteiger partial charge in [-0.15, -0.1) is 0 Å². The summed E-state index contributed by atoms with van der Waals surface area (Å²) in [5.41, 5.74) is 0.994. The molecule has 0 fully saturated rings. The van der Waals surface area contributed by atoms with Gasteiger partial charge in [-0.05, 0) is 36.4 Å². The van der Waals surface area contributed by atoms with Crippen molar-refractivity contribution in [3.8, 4) is 6.07 Å². The van der Waals surface area contributed by atoms with Gasteiger partial charge in [-0.2, -0.15) is 5.26 Å². The number of rotatable bonds is 4. The summed E-state index contributed by atoms with van der Waals surface area (Å²) in [7, 11) is 0. The molecule has 2 rings (SSSR count). The zero-order valence-corrected chi connectivity index (χ0v) is 13.1. The van der Waals surface area contributed by atoms with Crippen molar-refractivity contribution in [3.05, 3.63) is 68.7 Å². The molecular weight excluding hydrogens is 329 g/mol. The molecule has 5 heteroatoms. The molecule has 0 amide bonds. The Morgan fingerprint density at radius 2 is 1.62 bits per heavy atom. The molecule has 0 heterocycles. The molecule has 0 N–H and O–H groups in total. The van der Waals surface area contributed by atoms with E-state index in [1.54, 1.807) is 42.5 Å². The fourth-order valence-electron chi connectivity index (χ4n) is 1.99. The van der Waals surface area contributed by atoms with E-state index in [9.17, 15) is 10.1 Å². The highest BCUT2D eigenvalue weighted by atomic mass is 35.5. The van der Waals surface area contributed by atoms with Crippen molar-refractivity contribution in [2.45, 2.75) is 12.3 Å². The van der Waals surface area contributed by atoms with Crippen LogP contribution in [0.1, 0.15) is 28.3 Å². The smallest absolute Gasteiger partial charge is 0.164 e. The Morgan fingerprint density at radius 1 is 1.05 bits per heavy atom. The summed E-state index contributed by atoms with van der Waals surface area (Å²) in [4.78, 5) is 12.2. The number of Topliss-reactive ketones (excluding diaryl/α,β-unsaturated/α-hetero) is 1. The van der Waals surface area contributed by atoms with Gasteiger partial charge in [0.2, 0.25) is 0 Å². The molecule has 0 saturated carbocycles. The van der Waals surface area contributed by atoms with Gasteiger partial charge in [0.05, 0.1) is 12.0 Å². The van der Waals surface area contributed by atoms with Gasteiger partial charge in [-0.3, -0.25) is 4.79 Å². The zero-order valence-electron chi connectivity index (χ0n) is 10.8. The Labute approximate surface area is 137 Å². The largest absolute Gasteiger partial charge is 0.294 e. The van der Waals surface area contributed by atoms with Crippen LogP contribution in [0.2, 0.25) is 15.1 Å². The lowest BCUT2D eigenvalue weighted by Crippen LogP contribution is -2.07. The van der Waals surface area contributed by atoms with Crippen LogP contribution in [0, 0.1) is 11.3 Å². The number of carbonyl (C=O) groups is 1.